The summed E-state index contributed by atoms with van der Waals surface area (Å²) in [5.74, 6) is 2.02. The van der Waals surface area contributed by atoms with Crippen LogP contribution in [0, 0.1) is 5.92 Å². The van der Waals surface area contributed by atoms with E-state index >= 15 is 0 Å². The third-order valence-electron chi connectivity index (χ3n) is 7.88. The Balaban J connectivity index is 1.33. The Kier molecular flexibility index (Phi) is 11.5. The molecule has 1 aromatic heterocycles. The van der Waals surface area contributed by atoms with Crippen molar-refractivity contribution in [2.24, 2.45) is 5.92 Å². The number of benzene rings is 1. The first-order chi connectivity index (χ1) is 19.3. The van der Waals surface area contributed by atoms with Crippen LogP contribution in [0.2, 0.25) is 5.15 Å². The van der Waals surface area contributed by atoms with Crippen LogP contribution in [-0.4, -0.2) is 95.1 Å². The zero-order valence-electron chi connectivity index (χ0n) is 24.1. The highest BCUT2D eigenvalue weighted by Crippen LogP contribution is 2.29. The van der Waals surface area contributed by atoms with E-state index in [2.05, 4.69) is 21.7 Å². The van der Waals surface area contributed by atoms with Gasteiger partial charge in [0.1, 0.15) is 11.0 Å². The highest BCUT2D eigenvalue weighted by Gasteiger charge is 2.29. The summed E-state index contributed by atoms with van der Waals surface area (Å²) in [4.78, 5) is 43.5. The number of hydrogen-bond donors (Lipinski definition) is 0. The van der Waals surface area contributed by atoms with Gasteiger partial charge >= 0.3 is 0 Å². The van der Waals surface area contributed by atoms with Crippen LogP contribution in [0.1, 0.15) is 51.0 Å². The van der Waals surface area contributed by atoms with Gasteiger partial charge in [-0.3, -0.25) is 9.59 Å². The van der Waals surface area contributed by atoms with Crippen LogP contribution in [0.5, 0.6) is 0 Å². The summed E-state index contributed by atoms with van der Waals surface area (Å²) in [5.41, 5.74) is 1.10. The molecule has 1 aliphatic carbocycles. The molecule has 1 saturated carbocycles. The van der Waals surface area contributed by atoms with E-state index in [9.17, 15) is 9.59 Å². The molecule has 10 heteroatoms. The number of amides is 2. The monoisotopic (exact) mass is 586 g/mol. The fraction of sp³-hybridized carbons (Fsp3) is 0.600. The van der Waals surface area contributed by atoms with Gasteiger partial charge < -0.3 is 19.6 Å². The number of rotatable bonds is 12. The smallest absolute Gasteiger partial charge is 0.233 e. The lowest BCUT2D eigenvalue weighted by molar-refractivity contribution is -0.134. The van der Waals surface area contributed by atoms with Crippen LogP contribution in [0.15, 0.2) is 41.6 Å². The molecule has 2 amide bonds. The number of carbonyl (C=O) groups is 2. The molecule has 40 heavy (non-hydrogen) atoms. The summed E-state index contributed by atoms with van der Waals surface area (Å²) in [7, 11) is 4.02. The number of hydrogen-bond acceptors (Lipinski definition) is 7. The predicted molar refractivity (Wildman–Crippen MR) is 163 cm³/mol. The lowest BCUT2D eigenvalue weighted by atomic mass is 10.0. The Morgan fingerprint density at radius 1 is 1.07 bits per heavy atom. The van der Waals surface area contributed by atoms with Crippen LogP contribution in [0.25, 0.3) is 0 Å². The average molecular weight is 587 g/mol. The van der Waals surface area contributed by atoms with Crippen molar-refractivity contribution >= 4 is 41.0 Å². The van der Waals surface area contributed by atoms with Gasteiger partial charge in [-0.05, 0) is 38.9 Å². The molecule has 1 atom stereocenters. The molecule has 1 aromatic carbocycles. The van der Waals surface area contributed by atoms with Gasteiger partial charge in [-0.1, -0.05) is 79.4 Å². The highest BCUT2D eigenvalue weighted by atomic mass is 35.5. The Bertz CT molecular complexity index is 1110. The van der Waals surface area contributed by atoms with Gasteiger partial charge in [-0.2, -0.15) is 0 Å². The molecule has 2 fully saturated rings. The molecule has 2 aliphatic rings. The van der Waals surface area contributed by atoms with E-state index in [0.717, 1.165) is 30.3 Å². The minimum atomic E-state index is 0.0409. The van der Waals surface area contributed by atoms with E-state index in [-0.39, 0.29) is 23.6 Å². The fourth-order valence-corrected chi connectivity index (χ4v) is 6.54. The lowest BCUT2D eigenvalue weighted by Gasteiger charge is -2.40. The number of halogens is 1. The number of thioether (sulfide) groups is 1. The molecule has 0 radical (unpaired) electrons. The van der Waals surface area contributed by atoms with Gasteiger partial charge in [0, 0.05) is 57.8 Å². The second kappa shape index (κ2) is 15.0. The van der Waals surface area contributed by atoms with Gasteiger partial charge in [0.05, 0.1) is 5.75 Å². The normalized spacial score (nSPS) is 18.0. The van der Waals surface area contributed by atoms with Crippen LogP contribution in [0.4, 0.5) is 5.82 Å². The van der Waals surface area contributed by atoms with Crippen molar-refractivity contribution in [2.75, 3.05) is 57.5 Å². The number of piperazine rings is 1. The summed E-state index contributed by atoms with van der Waals surface area (Å²) < 4.78 is 0. The van der Waals surface area contributed by atoms with Crippen LogP contribution in [-0.2, 0) is 16.1 Å². The van der Waals surface area contributed by atoms with Crippen molar-refractivity contribution in [3.63, 3.8) is 0 Å². The SMILES string of the molecule is CC1CN(c2cc(Cl)nc(SCC(=O)N(CCN(C)C)Cc3ccccc3)n2)CCN1C(=O)CCC1CCCC1. The number of nitrogens with zero attached hydrogens (tertiary/aromatic N) is 6. The van der Waals surface area contributed by atoms with Gasteiger partial charge in [-0.25, -0.2) is 9.97 Å². The maximum Gasteiger partial charge on any atom is 0.233 e. The summed E-state index contributed by atoms with van der Waals surface area (Å²) in [6.45, 7) is 6.17. The fourth-order valence-electron chi connectivity index (χ4n) is 5.55. The zero-order valence-corrected chi connectivity index (χ0v) is 25.7. The molecule has 0 spiro atoms. The molecule has 2 aromatic rings. The van der Waals surface area contributed by atoms with Crippen molar-refractivity contribution in [1.29, 1.82) is 0 Å². The van der Waals surface area contributed by atoms with E-state index in [0.29, 0.717) is 49.5 Å². The first-order valence-corrected chi connectivity index (χ1v) is 15.8. The Morgan fingerprint density at radius 3 is 2.52 bits per heavy atom. The molecule has 4 rings (SSSR count). The quantitative estimate of drug-likeness (QED) is 0.201. The average Bonchev–Trinajstić information content (AvgIpc) is 3.46. The third kappa shape index (κ3) is 9.08. The largest absolute Gasteiger partial charge is 0.353 e. The minimum absolute atomic E-state index is 0.0409. The maximum atomic E-state index is 13.2. The first-order valence-electron chi connectivity index (χ1n) is 14.5. The second-order valence-corrected chi connectivity index (χ2v) is 12.6. The maximum absolute atomic E-state index is 13.2. The summed E-state index contributed by atoms with van der Waals surface area (Å²) >= 11 is 7.72. The summed E-state index contributed by atoms with van der Waals surface area (Å²) in [5, 5.41) is 0.849. The van der Waals surface area contributed by atoms with Crippen LogP contribution >= 0.6 is 23.4 Å². The second-order valence-electron chi connectivity index (χ2n) is 11.3. The molecular weight excluding hydrogens is 544 g/mol. The summed E-state index contributed by atoms with van der Waals surface area (Å²) in [6, 6.07) is 11.9. The van der Waals surface area contributed by atoms with Crippen molar-refractivity contribution in [2.45, 2.75) is 63.2 Å². The lowest BCUT2D eigenvalue weighted by Crippen LogP contribution is -2.54. The highest BCUT2D eigenvalue weighted by molar-refractivity contribution is 7.99. The van der Waals surface area contributed by atoms with Crippen molar-refractivity contribution in [1.82, 2.24) is 24.7 Å². The van der Waals surface area contributed by atoms with Crippen molar-refractivity contribution in [3.8, 4) is 0 Å². The van der Waals surface area contributed by atoms with E-state index < -0.39 is 0 Å². The molecule has 0 bridgehead atoms. The number of carbonyl (C=O) groups excluding carboxylic acids is 2. The third-order valence-corrected chi connectivity index (χ3v) is 8.91. The van der Waals surface area contributed by atoms with E-state index in [1.165, 1.54) is 37.4 Å². The molecule has 1 aliphatic heterocycles. The van der Waals surface area contributed by atoms with E-state index in [1.54, 1.807) is 6.07 Å². The molecule has 1 saturated heterocycles. The molecule has 1 unspecified atom stereocenters. The molecule has 2 heterocycles. The molecular formula is C30H43ClN6O2S. The minimum Gasteiger partial charge on any atom is -0.353 e. The Hall–Kier alpha value is -2.36. The van der Waals surface area contributed by atoms with Gasteiger partial charge in [0.15, 0.2) is 5.16 Å². The number of anilines is 1. The Labute approximate surface area is 248 Å². The van der Waals surface area contributed by atoms with Crippen molar-refractivity contribution < 1.29 is 9.59 Å². The number of aromatic nitrogens is 2. The van der Waals surface area contributed by atoms with Crippen LogP contribution in [0.3, 0.4) is 0 Å². The van der Waals surface area contributed by atoms with E-state index in [1.807, 2.05) is 54.2 Å². The van der Waals surface area contributed by atoms with Gasteiger partial charge in [-0.15, -0.1) is 0 Å². The van der Waals surface area contributed by atoms with Crippen LogP contribution < -0.4 is 4.90 Å². The van der Waals surface area contributed by atoms with Gasteiger partial charge in [0.2, 0.25) is 11.8 Å². The molecule has 8 nitrogen and oxygen atoms in total. The molecule has 0 N–H and O–H groups in total. The standard InChI is InChI=1S/C30H43ClN6O2S/c1-23-20-35(17-18-37(23)28(38)14-13-24-9-7-8-10-24)27-19-26(31)32-30(33-27)40-22-29(39)36(16-15-34(2)3)21-25-11-5-4-6-12-25/h4-6,11-12,19,23-24H,7-10,13-18,20-22H2,1-3H3. The Morgan fingerprint density at radius 2 is 1.82 bits per heavy atom. The molecule has 218 valence electrons. The van der Waals surface area contributed by atoms with Gasteiger partial charge in [0.25, 0.3) is 0 Å². The first kappa shape index (κ1) is 30.6. The number of likely N-dealkylation sites (N-methyl/N-ethyl adjacent to an activating group) is 1. The van der Waals surface area contributed by atoms with Crippen molar-refractivity contribution in [3.05, 3.63) is 47.1 Å². The summed E-state index contributed by atoms with van der Waals surface area (Å²) in [6.07, 6.45) is 6.85. The van der Waals surface area contributed by atoms with E-state index in [4.69, 9.17) is 16.6 Å². The predicted octanol–water partition coefficient (Wildman–Crippen LogP) is 4.82. The topological polar surface area (TPSA) is 72.9 Å². The zero-order chi connectivity index (χ0) is 28.5.